The SMILES string of the molecule is O=C1C(=O)N(C2(CF)CC2)CCN1Cc1nnc(-c2ccccc2F)s1. The summed E-state index contributed by atoms with van der Waals surface area (Å²) in [7, 11) is 0. The Hall–Kier alpha value is -2.42. The molecular weight excluding hydrogens is 362 g/mol. The van der Waals surface area contributed by atoms with E-state index in [0.717, 1.165) is 0 Å². The average Bonchev–Trinajstić information content (AvgIpc) is 3.30. The van der Waals surface area contributed by atoms with Crippen LogP contribution in [0.1, 0.15) is 17.8 Å². The molecule has 1 aromatic heterocycles. The zero-order valence-corrected chi connectivity index (χ0v) is 14.6. The van der Waals surface area contributed by atoms with Gasteiger partial charge in [0.2, 0.25) is 0 Å². The van der Waals surface area contributed by atoms with E-state index in [-0.39, 0.29) is 6.54 Å². The average molecular weight is 378 g/mol. The van der Waals surface area contributed by atoms with Crippen molar-refractivity contribution in [3.05, 3.63) is 35.1 Å². The Labute approximate surface area is 152 Å². The molecule has 2 aromatic rings. The number of rotatable bonds is 5. The highest BCUT2D eigenvalue weighted by atomic mass is 32.1. The lowest BCUT2D eigenvalue weighted by atomic mass is 10.2. The fraction of sp³-hybridized carbons (Fsp3) is 0.412. The van der Waals surface area contributed by atoms with E-state index in [1.54, 1.807) is 18.2 Å². The van der Waals surface area contributed by atoms with E-state index in [1.807, 2.05) is 0 Å². The van der Waals surface area contributed by atoms with Crippen molar-refractivity contribution in [1.29, 1.82) is 0 Å². The summed E-state index contributed by atoms with van der Waals surface area (Å²) < 4.78 is 27.0. The minimum atomic E-state index is -0.764. The van der Waals surface area contributed by atoms with Crippen LogP contribution < -0.4 is 0 Å². The molecule has 1 saturated carbocycles. The second-order valence-corrected chi connectivity index (χ2v) is 7.58. The third kappa shape index (κ3) is 2.86. The molecule has 26 heavy (non-hydrogen) atoms. The van der Waals surface area contributed by atoms with E-state index in [1.165, 1.54) is 27.2 Å². The Bertz CT molecular complexity index is 868. The van der Waals surface area contributed by atoms with Crippen molar-refractivity contribution >= 4 is 23.2 Å². The van der Waals surface area contributed by atoms with Gasteiger partial charge in [-0.15, -0.1) is 10.2 Å². The van der Waals surface area contributed by atoms with Gasteiger partial charge >= 0.3 is 11.8 Å². The summed E-state index contributed by atoms with van der Waals surface area (Å²) in [5, 5.41) is 8.93. The van der Waals surface area contributed by atoms with Crippen molar-refractivity contribution in [1.82, 2.24) is 20.0 Å². The van der Waals surface area contributed by atoms with Gasteiger partial charge in [0.25, 0.3) is 0 Å². The van der Waals surface area contributed by atoms with E-state index in [4.69, 9.17) is 0 Å². The molecule has 136 valence electrons. The van der Waals surface area contributed by atoms with Gasteiger partial charge in [0.15, 0.2) is 5.01 Å². The van der Waals surface area contributed by atoms with Gasteiger partial charge in [0.05, 0.1) is 12.1 Å². The monoisotopic (exact) mass is 378 g/mol. The van der Waals surface area contributed by atoms with Gasteiger partial charge in [-0.25, -0.2) is 8.78 Å². The van der Waals surface area contributed by atoms with Crippen molar-refractivity contribution in [3.8, 4) is 10.6 Å². The molecule has 0 spiro atoms. The molecule has 9 heteroatoms. The number of carbonyl (C=O) groups excluding carboxylic acids is 2. The molecule has 0 N–H and O–H groups in total. The Balaban J connectivity index is 1.47. The number of piperazine rings is 1. The van der Waals surface area contributed by atoms with E-state index < -0.39 is 29.8 Å². The van der Waals surface area contributed by atoms with Crippen molar-refractivity contribution in [3.63, 3.8) is 0 Å². The number of halogens is 2. The van der Waals surface area contributed by atoms with Crippen LogP contribution in [0.4, 0.5) is 8.78 Å². The Kier molecular flexibility index (Phi) is 4.18. The van der Waals surface area contributed by atoms with Crippen molar-refractivity contribution in [2.45, 2.75) is 24.9 Å². The summed E-state index contributed by atoms with van der Waals surface area (Å²) in [6.07, 6.45) is 1.20. The summed E-state index contributed by atoms with van der Waals surface area (Å²) in [5.41, 5.74) is -0.415. The predicted molar refractivity (Wildman–Crippen MR) is 90.4 cm³/mol. The van der Waals surface area contributed by atoms with Gasteiger partial charge in [-0.3, -0.25) is 9.59 Å². The molecule has 2 aliphatic rings. The maximum absolute atomic E-state index is 13.8. The maximum atomic E-state index is 13.8. The smallest absolute Gasteiger partial charge is 0.312 e. The van der Waals surface area contributed by atoms with Gasteiger partial charge in [0, 0.05) is 18.7 Å². The topological polar surface area (TPSA) is 66.4 Å². The molecule has 4 rings (SSSR count). The molecule has 0 atom stereocenters. The molecule has 1 saturated heterocycles. The maximum Gasteiger partial charge on any atom is 0.312 e. The van der Waals surface area contributed by atoms with Crippen LogP contribution in [-0.2, 0) is 16.1 Å². The highest BCUT2D eigenvalue weighted by molar-refractivity contribution is 7.14. The van der Waals surface area contributed by atoms with Crippen LogP contribution in [0.2, 0.25) is 0 Å². The van der Waals surface area contributed by atoms with Crippen molar-refractivity contribution < 1.29 is 18.4 Å². The normalized spacial score (nSPS) is 19.2. The zero-order chi connectivity index (χ0) is 18.3. The van der Waals surface area contributed by atoms with Gasteiger partial charge in [-0.1, -0.05) is 23.5 Å². The molecule has 1 aliphatic carbocycles. The van der Waals surface area contributed by atoms with Crippen LogP contribution in [0, 0.1) is 5.82 Å². The number of aromatic nitrogens is 2. The first-order valence-corrected chi connectivity index (χ1v) is 9.10. The first kappa shape index (κ1) is 17.0. The number of alkyl halides is 1. The number of hydrogen-bond acceptors (Lipinski definition) is 5. The first-order valence-electron chi connectivity index (χ1n) is 8.28. The third-order valence-corrected chi connectivity index (χ3v) is 5.80. The van der Waals surface area contributed by atoms with Gasteiger partial charge in [-0.05, 0) is 25.0 Å². The summed E-state index contributed by atoms with van der Waals surface area (Å²) >= 11 is 1.18. The summed E-state index contributed by atoms with van der Waals surface area (Å²) in [6, 6.07) is 6.25. The molecule has 2 heterocycles. The summed E-state index contributed by atoms with van der Waals surface area (Å²) in [4.78, 5) is 27.5. The molecule has 0 unspecified atom stereocenters. The number of nitrogens with zero attached hydrogens (tertiary/aromatic N) is 4. The molecular formula is C17H16F2N4O2S. The first-order chi connectivity index (χ1) is 12.5. The molecule has 1 aliphatic heterocycles. The Morgan fingerprint density at radius 1 is 1.12 bits per heavy atom. The predicted octanol–water partition coefficient (Wildman–Crippen LogP) is 2.02. The molecule has 1 aromatic carbocycles. The van der Waals surface area contributed by atoms with E-state index >= 15 is 0 Å². The van der Waals surface area contributed by atoms with Crippen LogP contribution in [0.25, 0.3) is 10.6 Å². The quantitative estimate of drug-likeness (QED) is 0.747. The number of hydrogen-bond donors (Lipinski definition) is 0. The van der Waals surface area contributed by atoms with Crippen molar-refractivity contribution in [2.24, 2.45) is 0 Å². The fourth-order valence-corrected chi connectivity index (χ4v) is 4.00. The standard InChI is InChI=1S/C17H16F2N4O2S/c18-10-17(5-6-17)23-8-7-22(15(24)16(23)25)9-13-20-21-14(26-13)11-3-1-2-4-12(11)19/h1-4H,5-10H2. The Morgan fingerprint density at radius 3 is 2.58 bits per heavy atom. The highest BCUT2D eigenvalue weighted by Crippen LogP contribution is 2.43. The number of benzene rings is 1. The van der Waals surface area contributed by atoms with E-state index in [2.05, 4.69) is 10.2 Å². The van der Waals surface area contributed by atoms with Crippen LogP contribution in [0.3, 0.4) is 0 Å². The van der Waals surface area contributed by atoms with E-state index in [0.29, 0.717) is 41.5 Å². The number of carbonyl (C=O) groups is 2. The van der Waals surface area contributed by atoms with E-state index in [9.17, 15) is 18.4 Å². The molecule has 0 radical (unpaired) electrons. The lowest BCUT2D eigenvalue weighted by molar-refractivity contribution is -0.159. The molecule has 2 amide bonds. The van der Waals surface area contributed by atoms with Gasteiger partial charge < -0.3 is 9.80 Å². The fourth-order valence-electron chi connectivity index (χ4n) is 3.12. The lowest BCUT2D eigenvalue weighted by Crippen LogP contribution is -2.58. The van der Waals surface area contributed by atoms with Crippen LogP contribution in [-0.4, -0.2) is 57.1 Å². The second-order valence-electron chi connectivity index (χ2n) is 6.52. The highest BCUT2D eigenvalue weighted by Gasteiger charge is 2.53. The number of amides is 2. The van der Waals surface area contributed by atoms with Crippen LogP contribution >= 0.6 is 11.3 Å². The van der Waals surface area contributed by atoms with Gasteiger partial charge in [0.1, 0.15) is 17.5 Å². The molecule has 0 bridgehead atoms. The minimum Gasteiger partial charge on any atom is -0.326 e. The molecule has 6 nitrogen and oxygen atoms in total. The summed E-state index contributed by atoms with van der Waals surface area (Å²) in [5.74, 6) is -1.71. The summed E-state index contributed by atoms with van der Waals surface area (Å²) in [6.45, 7) is 0.149. The largest absolute Gasteiger partial charge is 0.326 e. The lowest BCUT2D eigenvalue weighted by Gasteiger charge is -2.37. The second kappa shape index (κ2) is 6.39. The van der Waals surface area contributed by atoms with Crippen LogP contribution in [0.15, 0.2) is 24.3 Å². The molecule has 2 fully saturated rings. The zero-order valence-electron chi connectivity index (χ0n) is 13.8. The van der Waals surface area contributed by atoms with Crippen molar-refractivity contribution in [2.75, 3.05) is 19.8 Å². The minimum absolute atomic E-state index is 0.132. The Morgan fingerprint density at radius 2 is 1.88 bits per heavy atom. The third-order valence-electron chi connectivity index (χ3n) is 4.85. The van der Waals surface area contributed by atoms with Crippen LogP contribution in [0.5, 0.6) is 0 Å². The van der Waals surface area contributed by atoms with Gasteiger partial charge in [-0.2, -0.15) is 0 Å².